The molecule has 0 aliphatic carbocycles. The molecule has 1 aliphatic rings. The molecular weight excluding hydrogens is 422 g/mol. The average Bonchev–Trinajstić information content (AvgIpc) is 3.35. The van der Waals surface area contributed by atoms with Crippen molar-refractivity contribution in [2.45, 2.75) is 19.6 Å². The molecular formula is C26H23NO4S. The van der Waals surface area contributed by atoms with Crippen molar-refractivity contribution in [2.75, 3.05) is 12.0 Å². The Morgan fingerprint density at radius 3 is 2.53 bits per heavy atom. The maximum absolute atomic E-state index is 13.1. The van der Waals surface area contributed by atoms with Crippen LogP contribution in [0.25, 0.3) is 11.1 Å². The molecule has 2 heterocycles. The largest absolute Gasteiger partial charge is 0.503 e. The second-order valence-electron chi connectivity index (χ2n) is 7.53. The highest BCUT2D eigenvalue weighted by molar-refractivity contribution is 7.10. The number of rotatable bonds is 7. The van der Waals surface area contributed by atoms with Gasteiger partial charge in [0.25, 0.3) is 5.91 Å². The molecule has 1 aliphatic heterocycles. The maximum atomic E-state index is 13.1. The summed E-state index contributed by atoms with van der Waals surface area (Å²) in [4.78, 5) is 28.5. The van der Waals surface area contributed by atoms with E-state index in [4.69, 9.17) is 4.74 Å². The van der Waals surface area contributed by atoms with Crippen molar-refractivity contribution >= 4 is 28.7 Å². The summed E-state index contributed by atoms with van der Waals surface area (Å²) in [5.74, 6) is -1.66. The second kappa shape index (κ2) is 8.94. The first-order valence-electron chi connectivity index (χ1n) is 10.1. The Labute approximate surface area is 190 Å². The molecule has 0 saturated heterocycles. The fraction of sp³-hybridized carbons (Fsp3) is 0.154. The number of carbonyl (C=O) groups is 2. The van der Waals surface area contributed by atoms with Gasteiger partial charge in [-0.1, -0.05) is 43.0 Å². The van der Waals surface area contributed by atoms with Crippen LogP contribution in [0.5, 0.6) is 0 Å². The number of benzene rings is 2. The summed E-state index contributed by atoms with van der Waals surface area (Å²) in [6, 6.07) is 16.3. The lowest BCUT2D eigenvalue weighted by Crippen LogP contribution is -2.31. The zero-order valence-corrected chi connectivity index (χ0v) is 18.7. The standard InChI is InChI=1S/C26H23NO4S/c1-4-22(28)23-24(21-8-6-5-7-18(21)14-31-3)27(26(30)25(23)29)20-11-9-17(10-12-20)19-13-16(2)32-15-19/h4-13,15,24,29H,1,14H2,2-3H3/t24-/m1/s1. The molecule has 6 heteroatoms. The number of anilines is 1. The van der Waals surface area contributed by atoms with Crippen LogP contribution < -0.4 is 4.90 Å². The first-order valence-corrected chi connectivity index (χ1v) is 11.0. The van der Waals surface area contributed by atoms with Crippen LogP contribution in [0.15, 0.2) is 84.0 Å². The molecule has 1 N–H and O–H groups in total. The molecule has 4 rings (SSSR count). The molecule has 0 radical (unpaired) electrons. The van der Waals surface area contributed by atoms with Gasteiger partial charge in [-0.05, 0) is 58.8 Å². The molecule has 1 aromatic heterocycles. The number of amides is 1. The summed E-state index contributed by atoms with van der Waals surface area (Å²) in [6.07, 6.45) is 1.12. The highest BCUT2D eigenvalue weighted by Crippen LogP contribution is 2.42. The van der Waals surface area contributed by atoms with Gasteiger partial charge in [0, 0.05) is 17.7 Å². The van der Waals surface area contributed by atoms with Crippen molar-refractivity contribution in [1.82, 2.24) is 0 Å². The number of carbonyl (C=O) groups excluding carboxylic acids is 2. The smallest absolute Gasteiger partial charge is 0.294 e. The van der Waals surface area contributed by atoms with Crippen LogP contribution in [0.1, 0.15) is 22.0 Å². The molecule has 162 valence electrons. The highest BCUT2D eigenvalue weighted by atomic mass is 32.1. The Morgan fingerprint density at radius 1 is 1.19 bits per heavy atom. The van der Waals surface area contributed by atoms with Gasteiger partial charge in [-0.3, -0.25) is 14.5 Å². The summed E-state index contributed by atoms with van der Waals surface area (Å²) in [6.45, 7) is 5.91. The molecule has 0 bridgehead atoms. The normalized spacial score (nSPS) is 16.0. The number of hydrogen-bond donors (Lipinski definition) is 1. The van der Waals surface area contributed by atoms with Crippen molar-refractivity contribution in [3.63, 3.8) is 0 Å². The molecule has 32 heavy (non-hydrogen) atoms. The summed E-state index contributed by atoms with van der Waals surface area (Å²) in [5.41, 5.74) is 4.28. The lowest BCUT2D eigenvalue weighted by molar-refractivity contribution is -0.117. The van der Waals surface area contributed by atoms with Crippen LogP contribution in [0.4, 0.5) is 5.69 Å². The van der Waals surface area contributed by atoms with Crippen molar-refractivity contribution in [2.24, 2.45) is 0 Å². The first kappa shape index (κ1) is 21.7. The van der Waals surface area contributed by atoms with Crippen LogP contribution in [-0.4, -0.2) is 23.9 Å². The molecule has 1 amide bonds. The highest BCUT2D eigenvalue weighted by Gasteiger charge is 2.44. The number of nitrogens with zero attached hydrogens (tertiary/aromatic N) is 1. The minimum atomic E-state index is -0.784. The third kappa shape index (κ3) is 3.79. The number of thiophene rings is 1. The van der Waals surface area contributed by atoms with Crippen molar-refractivity contribution in [3.05, 3.63) is 100.0 Å². The number of ether oxygens (including phenoxy) is 1. The van der Waals surface area contributed by atoms with Gasteiger partial charge in [0.2, 0.25) is 0 Å². The third-order valence-electron chi connectivity index (χ3n) is 5.52. The molecule has 0 spiro atoms. The van der Waals surface area contributed by atoms with Gasteiger partial charge in [0.1, 0.15) is 0 Å². The van der Waals surface area contributed by atoms with E-state index in [1.54, 1.807) is 18.4 Å². The number of aliphatic hydroxyl groups excluding tert-OH is 1. The van der Waals surface area contributed by atoms with Crippen molar-refractivity contribution in [3.8, 4) is 11.1 Å². The van der Waals surface area contributed by atoms with Crippen LogP contribution in [0.3, 0.4) is 0 Å². The molecule has 3 aromatic rings. The van der Waals surface area contributed by atoms with E-state index in [0.29, 0.717) is 12.3 Å². The van der Waals surface area contributed by atoms with E-state index in [1.165, 1.54) is 9.78 Å². The predicted molar refractivity (Wildman–Crippen MR) is 127 cm³/mol. The van der Waals surface area contributed by atoms with Crippen LogP contribution in [0, 0.1) is 6.92 Å². The zero-order chi connectivity index (χ0) is 22.8. The van der Waals surface area contributed by atoms with Crippen LogP contribution >= 0.6 is 11.3 Å². The van der Waals surface area contributed by atoms with Gasteiger partial charge < -0.3 is 9.84 Å². The Hall–Kier alpha value is -3.48. The second-order valence-corrected chi connectivity index (χ2v) is 8.65. The lowest BCUT2D eigenvalue weighted by atomic mass is 9.92. The van der Waals surface area contributed by atoms with E-state index in [-0.39, 0.29) is 5.57 Å². The van der Waals surface area contributed by atoms with Crippen LogP contribution in [0.2, 0.25) is 0 Å². The molecule has 0 saturated carbocycles. The summed E-state index contributed by atoms with van der Waals surface area (Å²) in [7, 11) is 1.59. The molecule has 5 nitrogen and oxygen atoms in total. The fourth-order valence-electron chi connectivity index (χ4n) is 4.02. The first-order chi connectivity index (χ1) is 15.5. The van der Waals surface area contributed by atoms with Crippen molar-refractivity contribution in [1.29, 1.82) is 0 Å². The zero-order valence-electron chi connectivity index (χ0n) is 17.9. The minimum absolute atomic E-state index is 0.0195. The van der Waals surface area contributed by atoms with E-state index in [1.807, 2.05) is 48.5 Å². The average molecular weight is 446 g/mol. The number of aryl methyl sites for hydroxylation is 1. The fourth-order valence-corrected chi connectivity index (χ4v) is 4.74. The third-order valence-corrected chi connectivity index (χ3v) is 6.38. The Balaban J connectivity index is 1.82. The molecule has 0 fully saturated rings. The topological polar surface area (TPSA) is 66.8 Å². The molecule has 0 unspecified atom stereocenters. The Bertz CT molecular complexity index is 1220. The summed E-state index contributed by atoms with van der Waals surface area (Å²) >= 11 is 1.68. The van der Waals surface area contributed by atoms with Gasteiger partial charge in [0.05, 0.1) is 18.2 Å². The maximum Gasteiger partial charge on any atom is 0.294 e. The minimum Gasteiger partial charge on any atom is -0.503 e. The SMILES string of the molecule is C=CC(=O)C1=C(O)C(=O)N(c2ccc(-c3csc(C)c3)cc2)[C@@H]1c1ccccc1COC. The monoisotopic (exact) mass is 445 g/mol. The molecule has 1 atom stereocenters. The molecule has 2 aromatic carbocycles. The van der Waals surface area contributed by atoms with E-state index in [2.05, 4.69) is 24.9 Å². The van der Waals surface area contributed by atoms with Gasteiger partial charge in [-0.2, -0.15) is 0 Å². The van der Waals surface area contributed by atoms with E-state index in [9.17, 15) is 14.7 Å². The predicted octanol–water partition coefficient (Wildman–Crippen LogP) is 5.53. The van der Waals surface area contributed by atoms with Gasteiger partial charge in [0.15, 0.2) is 11.5 Å². The number of methoxy groups -OCH3 is 1. The van der Waals surface area contributed by atoms with E-state index in [0.717, 1.165) is 28.3 Å². The number of allylic oxidation sites excluding steroid dienone is 1. The number of aliphatic hydroxyl groups is 1. The van der Waals surface area contributed by atoms with Gasteiger partial charge in [-0.25, -0.2) is 0 Å². The van der Waals surface area contributed by atoms with Crippen LogP contribution in [-0.2, 0) is 20.9 Å². The Morgan fingerprint density at radius 2 is 1.91 bits per heavy atom. The summed E-state index contributed by atoms with van der Waals surface area (Å²) < 4.78 is 5.33. The Kier molecular flexibility index (Phi) is 6.08. The van der Waals surface area contributed by atoms with E-state index < -0.39 is 23.5 Å². The van der Waals surface area contributed by atoms with Gasteiger partial charge in [-0.15, -0.1) is 11.3 Å². The van der Waals surface area contributed by atoms with E-state index >= 15 is 0 Å². The van der Waals surface area contributed by atoms with Crippen molar-refractivity contribution < 1.29 is 19.4 Å². The summed E-state index contributed by atoms with van der Waals surface area (Å²) in [5, 5.41) is 12.8. The number of ketones is 1. The lowest BCUT2D eigenvalue weighted by Gasteiger charge is -2.28. The number of hydrogen-bond acceptors (Lipinski definition) is 5. The quantitative estimate of drug-likeness (QED) is 0.486. The van der Waals surface area contributed by atoms with Gasteiger partial charge >= 0.3 is 0 Å².